The van der Waals surface area contributed by atoms with Crippen molar-refractivity contribution in [2.24, 2.45) is 0 Å². The summed E-state index contributed by atoms with van der Waals surface area (Å²) in [6.07, 6.45) is 0.700. The van der Waals surface area contributed by atoms with E-state index in [0.717, 1.165) is 5.56 Å². The lowest BCUT2D eigenvalue weighted by atomic mass is 10.1. The van der Waals surface area contributed by atoms with Gasteiger partial charge in [-0.15, -0.1) is 0 Å². The maximum absolute atomic E-state index is 12.0. The number of rotatable bonds is 6. The molecule has 0 saturated heterocycles. The Balaban J connectivity index is 1.71. The molecule has 5 nitrogen and oxygen atoms in total. The maximum Gasteiger partial charge on any atom is 0.319 e. The Morgan fingerprint density at radius 2 is 1.71 bits per heavy atom. The summed E-state index contributed by atoms with van der Waals surface area (Å²) >= 11 is 5.83. The molecule has 0 aromatic heterocycles. The molecule has 3 amide bonds. The van der Waals surface area contributed by atoms with Crippen molar-refractivity contribution in [3.8, 4) is 0 Å². The van der Waals surface area contributed by atoms with E-state index in [2.05, 4.69) is 16.0 Å². The molecule has 0 radical (unpaired) electrons. The van der Waals surface area contributed by atoms with Crippen molar-refractivity contribution in [2.45, 2.75) is 19.4 Å². The van der Waals surface area contributed by atoms with Crippen molar-refractivity contribution in [3.63, 3.8) is 0 Å². The fourth-order valence-electron chi connectivity index (χ4n) is 2.09. The van der Waals surface area contributed by atoms with Gasteiger partial charge in [0.15, 0.2) is 0 Å². The average Bonchev–Trinajstić information content (AvgIpc) is 2.57. The first-order valence-corrected chi connectivity index (χ1v) is 8.07. The first-order valence-electron chi connectivity index (χ1n) is 7.69. The van der Waals surface area contributed by atoms with E-state index in [1.165, 1.54) is 0 Å². The minimum absolute atomic E-state index is 0.229. The smallest absolute Gasteiger partial charge is 0.319 e. The molecule has 6 heteroatoms. The molecular formula is C18H20ClN3O2. The molecule has 0 aliphatic heterocycles. The summed E-state index contributed by atoms with van der Waals surface area (Å²) in [4.78, 5) is 23.8. The van der Waals surface area contributed by atoms with Crippen LogP contribution < -0.4 is 16.0 Å². The number of benzene rings is 2. The van der Waals surface area contributed by atoms with E-state index in [1.807, 2.05) is 42.5 Å². The van der Waals surface area contributed by atoms with Gasteiger partial charge in [0.1, 0.15) is 6.04 Å². The molecule has 3 N–H and O–H groups in total. The number of carbonyl (C=O) groups is 2. The number of hydrogen-bond acceptors (Lipinski definition) is 2. The Labute approximate surface area is 146 Å². The van der Waals surface area contributed by atoms with E-state index in [-0.39, 0.29) is 5.91 Å². The van der Waals surface area contributed by atoms with Crippen LogP contribution in [0.5, 0.6) is 0 Å². The largest absolute Gasteiger partial charge is 0.354 e. The van der Waals surface area contributed by atoms with Gasteiger partial charge in [-0.3, -0.25) is 4.79 Å². The molecule has 0 aliphatic rings. The highest BCUT2D eigenvalue weighted by atomic mass is 35.5. The Kier molecular flexibility index (Phi) is 6.63. The molecular weight excluding hydrogens is 326 g/mol. The second-order valence-corrected chi connectivity index (χ2v) is 5.79. The molecule has 0 fully saturated rings. The fraction of sp³-hybridized carbons (Fsp3) is 0.222. The highest BCUT2D eigenvalue weighted by molar-refractivity contribution is 6.30. The number of nitrogens with one attached hydrogen (secondary N) is 3. The van der Waals surface area contributed by atoms with Crippen LogP contribution in [0.4, 0.5) is 10.5 Å². The maximum atomic E-state index is 12.0. The van der Waals surface area contributed by atoms with Crippen LogP contribution in [0.2, 0.25) is 5.02 Å². The Morgan fingerprint density at radius 1 is 1.04 bits per heavy atom. The average molecular weight is 346 g/mol. The van der Waals surface area contributed by atoms with E-state index >= 15 is 0 Å². The number of hydrogen-bond donors (Lipinski definition) is 3. The predicted octanol–water partition coefficient (Wildman–Crippen LogP) is 3.21. The lowest BCUT2D eigenvalue weighted by Gasteiger charge is -2.15. The molecule has 0 spiro atoms. The summed E-state index contributed by atoms with van der Waals surface area (Å²) in [5.74, 6) is -0.229. The van der Waals surface area contributed by atoms with Crippen LogP contribution in [-0.4, -0.2) is 24.5 Å². The van der Waals surface area contributed by atoms with E-state index in [9.17, 15) is 9.59 Å². The van der Waals surface area contributed by atoms with Crippen LogP contribution >= 0.6 is 11.6 Å². The third kappa shape index (κ3) is 5.93. The van der Waals surface area contributed by atoms with Crippen molar-refractivity contribution in [3.05, 3.63) is 65.2 Å². The van der Waals surface area contributed by atoms with Crippen molar-refractivity contribution >= 4 is 29.2 Å². The minimum atomic E-state index is -0.626. The third-order valence-electron chi connectivity index (χ3n) is 3.40. The molecule has 0 aliphatic carbocycles. The zero-order valence-electron chi connectivity index (χ0n) is 13.4. The number of amides is 3. The van der Waals surface area contributed by atoms with Gasteiger partial charge in [0.2, 0.25) is 5.91 Å². The van der Waals surface area contributed by atoms with Gasteiger partial charge in [-0.05, 0) is 43.2 Å². The topological polar surface area (TPSA) is 70.2 Å². The monoisotopic (exact) mass is 345 g/mol. The Morgan fingerprint density at radius 3 is 2.38 bits per heavy atom. The minimum Gasteiger partial charge on any atom is -0.354 e. The molecule has 126 valence electrons. The Hall–Kier alpha value is -2.53. The highest BCUT2D eigenvalue weighted by Gasteiger charge is 2.14. The van der Waals surface area contributed by atoms with Crippen LogP contribution in [-0.2, 0) is 11.2 Å². The number of halogens is 1. The predicted molar refractivity (Wildman–Crippen MR) is 96.2 cm³/mol. The van der Waals surface area contributed by atoms with E-state index in [4.69, 9.17) is 11.6 Å². The molecule has 0 bridgehead atoms. The van der Waals surface area contributed by atoms with Gasteiger partial charge in [-0.1, -0.05) is 41.9 Å². The van der Waals surface area contributed by atoms with Crippen molar-refractivity contribution in [1.82, 2.24) is 10.6 Å². The van der Waals surface area contributed by atoms with Crippen molar-refractivity contribution in [1.29, 1.82) is 0 Å². The van der Waals surface area contributed by atoms with Gasteiger partial charge < -0.3 is 16.0 Å². The number of carbonyl (C=O) groups excluding carboxylic acids is 2. The molecule has 24 heavy (non-hydrogen) atoms. The van der Waals surface area contributed by atoms with Crippen LogP contribution in [0, 0.1) is 0 Å². The van der Waals surface area contributed by atoms with E-state index in [0.29, 0.717) is 23.7 Å². The van der Waals surface area contributed by atoms with Crippen molar-refractivity contribution in [2.75, 3.05) is 11.9 Å². The lowest BCUT2D eigenvalue weighted by molar-refractivity contribution is -0.122. The van der Waals surface area contributed by atoms with Gasteiger partial charge in [0.25, 0.3) is 0 Å². The van der Waals surface area contributed by atoms with Gasteiger partial charge in [-0.2, -0.15) is 0 Å². The SMILES string of the molecule is C[C@@H](NC(=O)Nc1ccccc1)C(=O)NCCc1ccc(Cl)cc1. The summed E-state index contributed by atoms with van der Waals surface area (Å²) in [7, 11) is 0. The summed E-state index contributed by atoms with van der Waals surface area (Å²) in [5.41, 5.74) is 1.76. The zero-order valence-corrected chi connectivity index (χ0v) is 14.1. The lowest BCUT2D eigenvalue weighted by Crippen LogP contribution is -2.46. The van der Waals surface area contributed by atoms with Gasteiger partial charge in [0.05, 0.1) is 0 Å². The van der Waals surface area contributed by atoms with Crippen LogP contribution in [0.3, 0.4) is 0 Å². The second-order valence-electron chi connectivity index (χ2n) is 5.35. The summed E-state index contributed by atoms with van der Waals surface area (Å²) in [6.45, 7) is 2.13. The number of para-hydroxylation sites is 1. The Bertz CT molecular complexity index is 674. The highest BCUT2D eigenvalue weighted by Crippen LogP contribution is 2.09. The molecule has 0 heterocycles. The van der Waals surface area contributed by atoms with E-state index in [1.54, 1.807) is 19.1 Å². The summed E-state index contributed by atoms with van der Waals surface area (Å²) in [5, 5.41) is 8.76. The molecule has 2 aromatic carbocycles. The quantitative estimate of drug-likeness (QED) is 0.752. The molecule has 2 aromatic rings. The fourth-order valence-corrected chi connectivity index (χ4v) is 2.21. The van der Waals surface area contributed by atoms with Gasteiger partial charge in [-0.25, -0.2) is 4.79 Å². The standard InChI is InChI=1S/C18H20ClN3O2/c1-13(21-18(24)22-16-5-3-2-4-6-16)17(23)20-12-11-14-7-9-15(19)10-8-14/h2-10,13H,11-12H2,1H3,(H,20,23)(H2,21,22,24)/t13-/m1/s1. The number of urea groups is 1. The zero-order chi connectivity index (χ0) is 17.4. The first kappa shape index (κ1) is 17.8. The van der Waals surface area contributed by atoms with Crippen molar-refractivity contribution < 1.29 is 9.59 Å². The van der Waals surface area contributed by atoms with Crippen LogP contribution in [0.1, 0.15) is 12.5 Å². The number of anilines is 1. The van der Waals surface area contributed by atoms with Crippen LogP contribution in [0.15, 0.2) is 54.6 Å². The molecule has 0 unspecified atom stereocenters. The normalized spacial score (nSPS) is 11.4. The second kappa shape index (κ2) is 8.93. The van der Waals surface area contributed by atoms with Crippen LogP contribution in [0.25, 0.3) is 0 Å². The summed E-state index contributed by atoms with van der Waals surface area (Å²) < 4.78 is 0. The van der Waals surface area contributed by atoms with E-state index < -0.39 is 12.1 Å². The molecule has 0 saturated carbocycles. The third-order valence-corrected chi connectivity index (χ3v) is 3.65. The van der Waals surface area contributed by atoms with Gasteiger partial charge in [0, 0.05) is 17.3 Å². The summed E-state index contributed by atoms with van der Waals surface area (Å²) in [6, 6.07) is 15.5. The van der Waals surface area contributed by atoms with Gasteiger partial charge >= 0.3 is 6.03 Å². The first-order chi connectivity index (χ1) is 11.5. The molecule has 1 atom stereocenters. The molecule has 2 rings (SSSR count).